The van der Waals surface area contributed by atoms with Gasteiger partial charge < -0.3 is 10.3 Å². The fraction of sp³-hybridized carbons (Fsp3) is 0.429. The van der Waals surface area contributed by atoms with Gasteiger partial charge in [0.1, 0.15) is 0 Å². The Labute approximate surface area is 154 Å². The topological polar surface area (TPSA) is 62.7 Å². The van der Waals surface area contributed by atoms with E-state index in [-0.39, 0.29) is 11.8 Å². The minimum absolute atomic E-state index is 0.0530. The molecule has 2 heterocycles. The number of aromatic nitrogens is 3. The molecular weight excluding hydrogens is 324 g/mol. The van der Waals surface area contributed by atoms with E-state index in [1.54, 1.807) is 0 Å². The van der Waals surface area contributed by atoms with E-state index in [4.69, 9.17) is 0 Å². The number of carbonyl (C=O) groups is 1. The summed E-state index contributed by atoms with van der Waals surface area (Å²) in [6.45, 7) is 13.4. The molecule has 0 unspecified atom stereocenters. The average molecular weight is 352 g/mol. The Kier molecular flexibility index (Phi) is 4.90. The van der Waals surface area contributed by atoms with Gasteiger partial charge in [-0.2, -0.15) is 5.10 Å². The third-order valence-electron chi connectivity index (χ3n) is 5.48. The van der Waals surface area contributed by atoms with Crippen LogP contribution in [-0.2, 0) is 17.9 Å². The molecule has 0 aliphatic heterocycles. The summed E-state index contributed by atoms with van der Waals surface area (Å²) in [4.78, 5) is 15.9. The van der Waals surface area contributed by atoms with Crippen LogP contribution < -0.4 is 5.32 Å². The monoisotopic (exact) mass is 352 g/mol. The minimum Gasteiger partial charge on any atom is -0.358 e. The zero-order valence-corrected chi connectivity index (χ0v) is 16.5. The molecule has 3 aromatic rings. The summed E-state index contributed by atoms with van der Waals surface area (Å²) < 4.78 is 1.94. The molecule has 0 radical (unpaired) electrons. The molecule has 2 aromatic heterocycles. The number of H-pyrrole nitrogens is 1. The van der Waals surface area contributed by atoms with Gasteiger partial charge in [0.25, 0.3) is 0 Å². The summed E-state index contributed by atoms with van der Waals surface area (Å²) in [6.07, 6.45) is 0. The van der Waals surface area contributed by atoms with Gasteiger partial charge in [-0.3, -0.25) is 9.48 Å². The van der Waals surface area contributed by atoms with Gasteiger partial charge in [-0.05, 0) is 63.4 Å². The predicted molar refractivity (Wildman–Crippen MR) is 105 cm³/mol. The third-order valence-corrected chi connectivity index (χ3v) is 5.48. The molecular formula is C21H28N4O. The van der Waals surface area contributed by atoms with E-state index in [0.717, 1.165) is 22.5 Å². The van der Waals surface area contributed by atoms with E-state index in [1.807, 2.05) is 18.5 Å². The van der Waals surface area contributed by atoms with Crippen LogP contribution in [0.25, 0.3) is 10.9 Å². The molecule has 26 heavy (non-hydrogen) atoms. The van der Waals surface area contributed by atoms with Crippen molar-refractivity contribution < 1.29 is 4.79 Å². The summed E-state index contributed by atoms with van der Waals surface area (Å²) >= 11 is 0. The van der Waals surface area contributed by atoms with Gasteiger partial charge in [0.05, 0.1) is 18.2 Å². The maximum Gasteiger partial charge on any atom is 0.224 e. The second-order valence-corrected chi connectivity index (χ2v) is 7.35. The molecule has 0 aliphatic rings. The number of aryl methyl sites for hydroxylation is 3. The molecule has 5 nitrogen and oxygen atoms in total. The predicted octanol–water partition coefficient (Wildman–Crippen LogP) is 3.86. The van der Waals surface area contributed by atoms with Crippen LogP contribution in [0.4, 0.5) is 0 Å². The number of nitrogens with one attached hydrogen (secondary N) is 2. The Balaban J connectivity index is 1.64. The molecule has 138 valence electrons. The van der Waals surface area contributed by atoms with E-state index in [2.05, 4.69) is 61.3 Å². The summed E-state index contributed by atoms with van der Waals surface area (Å²) in [5.74, 6) is -0.0790. The number of amides is 1. The van der Waals surface area contributed by atoms with E-state index in [0.29, 0.717) is 13.1 Å². The quantitative estimate of drug-likeness (QED) is 0.732. The van der Waals surface area contributed by atoms with Gasteiger partial charge in [-0.1, -0.05) is 13.0 Å². The summed E-state index contributed by atoms with van der Waals surface area (Å²) in [5, 5.41) is 8.81. The van der Waals surface area contributed by atoms with Crippen molar-refractivity contribution in [2.75, 3.05) is 0 Å². The lowest BCUT2D eigenvalue weighted by atomic mass is 10.1. The lowest BCUT2D eigenvalue weighted by Crippen LogP contribution is -2.31. The number of rotatable bonds is 5. The normalized spacial score (nSPS) is 12.5. The number of carbonyl (C=O) groups excluding carboxylic acids is 1. The van der Waals surface area contributed by atoms with Gasteiger partial charge in [-0.15, -0.1) is 0 Å². The first-order valence-electron chi connectivity index (χ1n) is 9.14. The second kappa shape index (κ2) is 6.98. The van der Waals surface area contributed by atoms with E-state index in [1.165, 1.54) is 22.2 Å². The zero-order chi connectivity index (χ0) is 19.0. The average Bonchev–Trinajstić information content (AvgIpc) is 3.03. The van der Waals surface area contributed by atoms with E-state index < -0.39 is 0 Å². The molecule has 0 saturated carbocycles. The standard InChI is InChI=1S/C21H28N4O/c1-12(11-25-17(6)13(2)16(5)24-25)21(26)22-10-18-7-8-20-19(9-18)14(3)15(4)23-20/h7-9,12,23H,10-11H2,1-6H3,(H,22,26)/t12-/m1/s1. The van der Waals surface area contributed by atoms with Crippen molar-refractivity contribution in [3.05, 3.63) is 52.0 Å². The molecule has 0 aliphatic carbocycles. The fourth-order valence-electron chi connectivity index (χ4n) is 3.29. The van der Waals surface area contributed by atoms with Gasteiger partial charge >= 0.3 is 0 Å². The van der Waals surface area contributed by atoms with E-state index >= 15 is 0 Å². The Morgan fingerprint density at radius 2 is 1.92 bits per heavy atom. The van der Waals surface area contributed by atoms with Crippen LogP contribution in [0.3, 0.4) is 0 Å². The molecule has 0 bridgehead atoms. The van der Waals surface area contributed by atoms with Gasteiger partial charge in [0.15, 0.2) is 0 Å². The van der Waals surface area contributed by atoms with Crippen LogP contribution in [-0.4, -0.2) is 20.7 Å². The summed E-state index contributed by atoms with van der Waals surface area (Å²) in [5.41, 5.74) is 8.07. The summed E-state index contributed by atoms with van der Waals surface area (Å²) in [7, 11) is 0. The number of aromatic amines is 1. The number of benzene rings is 1. The SMILES string of the molecule is Cc1nn(C[C@@H](C)C(=O)NCc2ccc3[nH]c(C)c(C)c3c2)c(C)c1C. The maximum atomic E-state index is 12.5. The fourth-order valence-corrected chi connectivity index (χ4v) is 3.29. The number of nitrogens with zero attached hydrogens (tertiary/aromatic N) is 2. The van der Waals surface area contributed by atoms with Crippen LogP contribution >= 0.6 is 0 Å². The lowest BCUT2D eigenvalue weighted by Gasteiger charge is -2.14. The highest BCUT2D eigenvalue weighted by Gasteiger charge is 2.16. The number of fused-ring (bicyclic) bond motifs is 1. The molecule has 1 atom stereocenters. The van der Waals surface area contributed by atoms with Crippen molar-refractivity contribution in [2.45, 2.75) is 54.6 Å². The van der Waals surface area contributed by atoms with Crippen LogP contribution in [0.2, 0.25) is 0 Å². The molecule has 5 heteroatoms. The Hall–Kier alpha value is -2.56. The highest BCUT2D eigenvalue weighted by Crippen LogP contribution is 2.22. The second-order valence-electron chi connectivity index (χ2n) is 7.35. The van der Waals surface area contributed by atoms with Crippen molar-refractivity contribution in [1.82, 2.24) is 20.1 Å². The Morgan fingerprint density at radius 1 is 1.19 bits per heavy atom. The smallest absolute Gasteiger partial charge is 0.224 e. The van der Waals surface area contributed by atoms with Crippen molar-refractivity contribution in [2.24, 2.45) is 5.92 Å². The first-order chi connectivity index (χ1) is 12.3. The minimum atomic E-state index is -0.132. The molecule has 3 rings (SSSR count). The molecule has 1 aromatic carbocycles. The lowest BCUT2D eigenvalue weighted by molar-refractivity contribution is -0.125. The molecule has 1 amide bonds. The van der Waals surface area contributed by atoms with Crippen molar-refractivity contribution >= 4 is 16.8 Å². The molecule has 0 fully saturated rings. The van der Waals surface area contributed by atoms with Crippen LogP contribution in [0.15, 0.2) is 18.2 Å². The van der Waals surface area contributed by atoms with Crippen LogP contribution in [0, 0.1) is 40.5 Å². The van der Waals surface area contributed by atoms with Gasteiger partial charge in [0.2, 0.25) is 5.91 Å². The molecule has 0 saturated heterocycles. The summed E-state index contributed by atoms with van der Waals surface area (Å²) in [6, 6.07) is 6.30. The first kappa shape index (κ1) is 18.2. The van der Waals surface area contributed by atoms with Crippen LogP contribution in [0.1, 0.15) is 40.7 Å². The van der Waals surface area contributed by atoms with Gasteiger partial charge in [-0.25, -0.2) is 0 Å². The first-order valence-corrected chi connectivity index (χ1v) is 9.14. The van der Waals surface area contributed by atoms with Crippen LogP contribution in [0.5, 0.6) is 0 Å². The van der Waals surface area contributed by atoms with E-state index in [9.17, 15) is 4.79 Å². The third kappa shape index (κ3) is 3.39. The van der Waals surface area contributed by atoms with Crippen molar-refractivity contribution in [1.29, 1.82) is 0 Å². The Bertz CT molecular complexity index is 964. The molecule has 0 spiro atoms. The Morgan fingerprint density at radius 3 is 2.58 bits per heavy atom. The largest absolute Gasteiger partial charge is 0.358 e. The van der Waals surface area contributed by atoms with Gasteiger partial charge in [0, 0.05) is 28.8 Å². The highest BCUT2D eigenvalue weighted by atomic mass is 16.1. The molecule has 2 N–H and O–H groups in total. The highest BCUT2D eigenvalue weighted by molar-refractivity contribution is 5.85. The maximum absolute atomic E-state index is 12.5. The van der Waals surface area contributed by atoms with Crippen molar-refractivity contribution in [3.63, 3.8) is 0 Å². The number of hydrogen-bond donors (Lipinski definition) is 2. The number of hydrogen-bond acceptors (Lipinski definition) is 2. The zero-order valence-electron chi connectivity index (χ0n) is 16.5. The van der Waals surface area contributed by atoms with Crippen molar-refractivity contribution in [3.8, 4) is 0 Å².